The van der Waals surface area contributed by atoms with Gasteiger partial charge in [-0.3, -0.25) is 4.79 Å². The van der Waals surface area contributed by atoms with Crippen LogP contribution in [0.25, 0.3) is 0 Å². The second-order valence-electron chi connectivity index (χ2n) is 4.56. The highest BCUT2D eigenvalue weighted by Crippen LogP contribution is 2.21. The first kappa shape index (κ1) is 14.7. The molecule has 0 fully saturated rings. The van der Waals surface area contributed by atoms with Gasteiger partial charge in [0.05, 0.1) is 12.5 Å². The van der Waals surface area contributed by atoms with Crippen LogP contribution in [0.4, 0.5) is 5.13 Å². The molecule has 2 rings (SSSR count). The maximum absolute atomic E-state index is 11.9. The van der Waals surface area contributed by atoms with Crippen molar-refractivity contribution in [3.8, 4) is 0 Å². The number of thiazole rings is 1. The van der Waals surface area contributed by atoms with Crippen LogP contribution >= 0.6 is 11.3 Å². The first-order valence-electron chi connectivity index (χ1n) is 6.66. The predicted octanol–water partition coefficient (Wildman–Crippen LogP) is 3.16. The summed E-state index contributed by atoms with van der Waals surface area (Å²) in [5, 5.41) is 13.3. The van der Waals surface area contributed by atoms with Crippen LogP contribution in [0.3, 0.4) is 0 Å². The molecular weight excluding hydrogens is 272 g/mol. The Hall–Kier alpha value is -1.72. The van der Waals surface area contributed by atoms with E-state index in [-0.39, 0.29) is 12.3 Å². The van der Waals surface area contributed by atoms with E-state index in [1.54, 1.807) is 18.3 Å². The SMILES string of the molecule is CCCc1cnc(NC(=O)CC(O)c2ccccc2)s1. The van der Waals surface area contributed by atoms with Gasteiger partial charge in [0.25, 0.3) is 0 Å². The van der Waals surface area contributed by atoms with Gasteiger partial charge in [0, 0.05) is 11.1 Å². The van der Waals surface area contributed by atoms with Gasteiger partial charge in [0.1, 0.15) is 0 Å². The van der Waals surface area contributed by atoms with Crippen LogP contribution in [0.2, 0.25) is 0 Å². The van der Waals surface area contributed by atoms with Crippen molar-refractivity contribution in [2.24, 2.45) is 0 Å². The third kappa shape index (κ3) is 4.15. The normalized spacial score (nSPS) is 12.1. The molecule has 2 aromatic rings. The molecule has 1 aromatic carbocycles. The van der Waals surface area contributed by atoms with Crippen LogP contribution in [0.5, 0.6) is 0 Å². The Balaban J connectivity index is 1.88. The Kier molecular flexibility index (Phi) is 5.26. The molecule has 0 spiro atoms. The summed E-state index contributed by atoms with van der Waals surface area (Å²) in [4.78, 5) is 17.2. The highest BCUT2D eigenvalue weighted by molar-refractivity contribution is 7.15. The van der Waals surface area contributed by atoms with E-state index in [0.29, 0.717) is 5.13 Å². The van der Waals surface area contributed by atoms with Gasteiger partial charge in [-0.1, -0.05) is 43.7 Å². The van der Waals surface area contributed by atoms with Crippen molar-refractivity contribution in [3.05, 3.63) is 47.0 Å². The smallest absolute Gasteiger partial charge is 0.229 e. The van der Waals surface area contributed by atoms with Crippen molar-refractivity contribution in [2.45, 2.75) is 32.3 Å². The molecule has 1 amide bonds. The van der Waals surface area contributed by atoms with E-state index in [9.17, 15) is 9.90 Å². The summed E-state index contributed by atoms with van der Waals surface area (Å²) >= 11 is 1.48. The van der Waals surface area contributed by atoms with E-state index in [1.165, 1.54) is 11.3 Å². The number of amides is 1. The summed E-state index contributed by atoms with van der Waals surface area (Å²) in [6.45, 7) is 2.11. The molecule has 0 aliphatic heterocycles. The Morgan fingerprint density at radius 2 is 2.15 bits per heavy atom. The minimum atomic E-state index is -0.786. The summed E-state index contributed by atoms with van der Waals surface area (Å²) in [6.07, 6.45) is 3.07. The first-order valence-corrected chi connectivity index (χ1v) is 7.48. The number of carbonyl (C=O) groups excluding carboxylic acids is 1. The molecule has 0 aliphatic rings. The van der Waals surface area contributed by atoms with Crippen LogP contribution in [0, 0.1) is 0 Å². The van der Waals surface area contributed by atoms with E-state index < -0.39 is 6.10 Å². The quantitative estimate of drug-likeness (QED) is 0.859. The van der Waals surface area contributed by atoms with Crippen molar-refractivity contribution < 1.29 is 9.90 Å². The van der Waals surface area contributed by atoms with E-state index in [1.807, 2.05) is 18.2 Å². The fourth-order valence-electron chi connectivity index (χ4n) is 1.87. The molecule has 1 aromatic heterocycles. The zero-order valence-corrected chi connectivity index (χ0v) is 12.2. The lowest BCUT2D eigenvalue weighted by Crippen LogP contribution is -2.15. The Bertz CT molecular complexity index is 554. The number of anilines is 1. The summed E-state index contributed by atoms with van der Waals surface area (Å²) in [5.74, 6) is -0.223. The van der Waals surface area contributed by atoms with Crippen molar-refractivity contribution in [3.63, 3.8) is 0 Å². The van der Waals surface area contributed by atoms with Gasteiger partial charge in [-0.2, -0.15) is 0 Å². The van der Waals surface area contributed by atoms with Gasteiger partial charge >= 0.3 is 0 Å². The number of aliphatic hydroxyl groups is 1. The van der Waals surface area contributed by atoms with E-state index in [0.717, 1.165) is 23.3 Å². The Labute approximate surface area is 122 Å². The lowest BCUT2D eigenvalue weighted by atomic mass is 10.1. The lowest BCUT2D eigenvalue weighted by molar-refractivity contribution is -0.118. The van der Waals surface area contributed by atoms with E-state index in [2.05, 4.69) is 17.2 Å². The number of nitrogens with zero attached hydrogens (tertiary/aromatic N) is 1. The molecule has 0 radical (unpaired) electrons. The van der Waals surface area contributed by atoms with Crippen molar-refractivity contribution in [1.29, 1.82) is 0 Å². The zero-order chi connectivity index (χ0) is 14.4. The zero-order valence-electron chi connectivity index (χ0n) is 11.4. The highest BCUT2D eigenvalue weighted by atomic mass is 32.1. The molecule has 1 unspecified atom stereocenters. The summed E-state index contributed by atoms with van der Waals surface area (Å²) in [5.41, 5.74) is 0.744. The number of nitrogens with one attached hydrogen (secondary N) is 1. The first-order chi connectivity index (χ1) is 9.69. The number of aryl methyl sites for hydroxylation is 1. The largest absolute Gasteiger partial charge is 0.388 e. The second-order valence-corrected chi connectivity index (χ2v) is 5.68. The molecule has 0 aliphatic carbocycles. The molecule has 1 heterocycles. The summed E-state index contributed by atoms with van der Waals surface area (Å²) in [7, 11) is 0. The summed E-state index contributed by atoms with van der Waals surface area (Å²) < 4.78 is 0. The number of rotatable bonds is 6. The standard InChI is InChI=1S/C15H18N2O2S/c1-2-6-12-10-16-15(20-12)17-14(19)9-13(18)11-7-4-3-5-8-11/h3-5,7-8,10,13,18H,2,6,9H2,1H3,(H,16,17,19). The van der Waals surface area contributed by atoms with E-state index in [4.69, 9.17) is 0 Å². The van der Waals surface area contributed by atoms with Crippen LogP contribution in [-0.2, 0) is 11.2 Å². The molecule has 1 atom stereocenters. The van der Waals surface area contributed by atoms with Gasteiger partial charge in [-0.15, -0.1) is 11.3 Å². The minimum absolute atomic E-state index is 0.0344. The molecule has 2 N–H and O–H groups in total. The molecule has 20 heavy (non-hydrogen) atoms. The number of benzene rings is 1. The van der Waals surface area contributed by atoms with Crippen LogP contribution in [-0.4, -0.2) is 16.0 Å². The van der Waals surface area contributed by atoms with Crippen LogP contribution in [0.1, 0.15) is 36.3 Å². The molecule has 0 bridgehead atoms. The van der Waals surface area contributed by atoms with Crippen molar-refractivity contribution in [2.75, 3.05) is 5.32 Å². The average Bonchev–Trinajstić information content (AvgIpc) is 2.87. The fourth-order valence-corrected chi connectivity index (χ4v) is 2.80. The van der Waals surface area contributed by atoms with Gasteiger partial charge in [-0.05, 0) is 12.0 Å². The molecule has 106 valence electrons. The third-order valence-electron chi connectivity index (χ3n) is 2.86. The molecule has 5 heteroatoms. The van der Waals surface area contributed by atoms with Gasteiger partial charge < -0.3 is 10.4 Å². The third-order valence-corrected chi connectivity index (χ3v) is 3.83. The predicted molar refractivity (Wildman–Crippen MR) is 80.8 cm³/mol. The van der Waals surface area contributed by atoms with Crippen LogP contribution < -0.4 is 5.32 Å². The van der Waals surface area contributed by atoms with Gasteiger partial charge in [-0.25, -0.2) is 4.98 Å². The van der Waals surface area contributed by atoms with Crippen LogP contribution in [0.15, 0.2) is 36.5 Å². The number of carbonyl (C=O) groups is 1. The second kappa shape index (κ2) is 7.17. The fraction of sp³-hybridized carbons (Fsp3) is 0.333. The van der Waals surface area contributed by atoms with Gasteiger partial charge in [0.2, 0.25) is 5.91 Å². The molecule has 0 saturated carbocycles. The monoisotopic (exact) mass is 290 g/mol. The Morgan fingerprint density at radius 1 is 1.40 bits per heavy atom. The number of aliphatic hydroxyl groups excluding tert-OH is 1. The molecular formula is C15H18N2O2S. The maximum atomic E-state index is 11.9. The van der Waals surface area contributed by atoms with Crippen molar-refractivity contribution in [1.82, 2.24) is 4.98 Å². The topological polar surface area (TPSA) is 62.2 Å². The average molecular weight is 290 g/mol. The number of aromatic nitrogens is 1. The number of hydrogen-bond donors (Lipinski definition) is 2. The van der Waals surface area contributed by atoms with Gasteiger partial charge in [0.15, 0.2) is 5.13 Å². The molecule has 0 saturated heterocycles. The van der Waals surface area contributed by atoms with Crippen molar-refractivity contribution >= 4 is 22.4 Å². The lowest BCUT2D eigenvalue weighted by Gasteiger charge is -2.09. The van der Waals surface area contributed by atoms with E-state index >= 15 is 0 Å². The highest BCUT2D eigenvalue weighted by Gasteiger charge is 2.14. The maximum Gasteiger partial charge on any atom is 0.229 e. The Morgan fingerprint density at radius 3 is 2.85 bits per heavy atom. The minimum Gasteiger partial charge on any atom is -0.388 e. The molecule has 4 nitrogen and oxygen atoms in total. The summed E-state index contributed by atoms with van der Waals surface area (Å²) in [6, 6.07) is 9.17. The number of hydrogen-bond acceptors (Lipinski definition) is 4.